The first-order valence-electron chi connectivity index (χ1n) is 6.91. The highest BCUT2D eigenvalue weighted by Crippen LogP contribution is 2.18. The van der Waals surface area contributed by atoms with E-state index in [9.17, 15) is 14.0 Å². The van der Waals surface area contributed by atoms with Crippen LogP contribution in [-0.2, 0) is 4.79 Å². The average molecular weight is 294 g/mol. The molecule has 1 aromatic rings. The van der Waals surface area contributed by atoms with E-state index in [0.717, 1.165) is 0 Å². The summed E-state index contributed by atoms with van der Waals surface area (Å²) in [5.41, 5.74) is 0.0343. The van der Waals surface area contributed by atoms with Gasteiger partial charge in [0.1, 0.15) is 11.6 Å². The number of amides is 2. The third-order valence-electron chi connectivity index (χ3n) is 3.64. The standard InChI is InChI=1S/C15H19FN2O3/c1-11(19)17-6-3-7-18(9-8-17)15(20)13-5-4-12(21-2)10-14(13)16/h4-5,10H,3,6-9H2,1-2H3. The molecule has 5 nitrogen and oxygen atoms in total. The fourth-order valence-corrected chi connectivity index (χ4v) is 2.40. The summed E-state index contributed by atoms with van der Waals surface area (Å²) < 4.78 is 18.9. The second-order valence-electron chi connectivity index (χ2n) is 5.00. The summed E-state index contributed by atoms with van der Waals surface area (Å²) >= 11 is 0. The zero-order chi connectivity index (χ0) is 15.4. The van der Waals surface area contributed by atoms with Gasteiger partial charge >= 0.3 is 0 Å². The van der Waals surface area contributed by atoms with Gasteiger partial charge in [0, 0.05) is 39.2 Å². The van der Waals surface area contributed by atoms with Crippen LogP contribution in [0.1, 0.15) is 23.7 Å². The number of ether oxygens (including phenoxy) is 1. The van der Waals surface area contributed by atoms with Crippen LogP contribution in [-0.4, -0.2) is 54.9 Å². The van der Waals surface area contributed by atoms with Crippen LogP contribution in [0.4, 0.5) is 4.39 Å². The molecule has 114 valence electrons. The summed E-state index contributed by atoms with van der Waals surface area (Å²) in [4.78, 5) is 27.1. The minimum atomic E-state index is -0.591. The lowest BCUT2D eigenvalue weighted by atomic mass is 10.1. The Labute approximate surface area is 123 Å². The molecule has 0 aliphatic carbocycles. The fraction of sp³-hybridized carbons (Fsp3) is 0.467. The largest absolute Gasteiger partial charge is 0.497 e. The number of methoxy groups -OCH3 is 1. The summed E-state index contributed by atoms with van der Waals surface area (Å²) in [6.07, 6.45) is 0.698. The first-order valence-corrected chi connectivity index (χ1v) is 6.91. The van der Waals surface area contributed by atoms with E-state index < -0.39 is 5.82 Å². The Morgan fingerprint density at radius 3 is 2.43 bits per heavy atom. The third-order valence-corrected chi connectivity index (χ3v) is 3.64. The highest BCUT2D eigenvalue weighted by molar-refractivity contribution is 5.94. The Balaban J connectivity index is 2.11. The highest BCUT2D eigenvalue weighted by Gasteiger charge is 2.23. The lowest BCUT2D eigenvalue weighted by molar-refractivity contribution is -0.128. The molecule has 21 heavy (non-hydrogen) atoms. The number of carbonyl (C=O) groups is 2. The van der Waals surface area contributed by atoms with Crippen molar-refractivity contribution in [1.29, 1.82) is 0 Å². The van der Waals surface area contributed by atoms with Crippen LogP contribution in [0.15, 0.2) is 18.2 Å². The first kappa shape index (κ1) is 15.3. The molecule has 0 N–H and O–H groups in total. The molecule has 2 amide bonds. The lowest BCUT2D eigenvalue weighted by Gasteiger charge is -2.21. The van der Waals surface area contributed by atoms with Gasteiger partial charge in [-0.1, -0.05) is 0 Å². The van der Waals surface area contributed by atoms with Gasteiger partial charge in [-0.25, -0.2) is 4.39 Å². The van der Waals surface area contributed by atoms with Crippen molar-refractivity contribution in [2.75, 3.05) is 33.3 Å². The van der Waals surface area contributed by atoms with E-state index in [0.29, 0.717) is 38.3 Å². The molecule has 1 heterocycles. The van der Waals surface area contributed by atoms with Gasteiger partial charge in [-0.2, -0.15) is 0 Å². The zero-order valence-corrected chi connectivity index (χ0v) is 12.3. The maximum atomic E-state index is 14.0. The van der Waals surface area contributed by atoms with Crippen LogP contribution in [0.2, 0.25) is 0 Å². The van der Waals surface area contributed by atoms with Crippen molar-refractivity contribution >= 4 is 11.8 Å². The van der Waals surface area contributed by atoms with Gasteiger partial charge in [0.05, 0.1) is 12.7 Å². The summed E-state index contributed by atoms with van der Waals surface area (Å²) in [6, 6.07) is 4.20. The summed E-state index contributed by atoms with van der Waals surface area (Å²) in [5, 5.41) is 0. The Kier molecular flexibility index (Phi) is 4.77. The maximum Gasteiger partial charge on any atom is 0.256 e. The van der Waals surface area contributed by atoms with Gasteiger partial charge in [-0.05, 0) is 18.6 Å². The Morgan fingerprint density at radius 2 is 1.81 bits per heavy atom. The first-order chi connectivity index (χ1) is 10.0. The van der Waals surface area contributed by atoms with Gasteiger partial charge in [-0.15, -0.1) is 0 Å². The van der Waals surface area contributed by atoms with Crippen LogP contribution < -0.4 is 4.74 Å². The van der Waals surface area contributed by atoms with E-state index in [2.05, 4.69) is 0 Å². The minimum absolute atomic E-state index is 0.0000676. The maximum absolute atomic E-state index is 14.0. The minimum Gasteiger partial charge on any atom is -0.497 e. The van der Waals surface area contributed by atoms with Gasteiger partial charge in [0.25, 0.3) is 5.91 Å². The van der Waals surface area contributed by atoms with E-state index in [1.54, 1.807) is 15.9 Å². The number of hydrogen-bond acceptors (Lipinski definition) is 3. The molecule has 0 bridgehead atoms. The van der Waals surface area contributed by atoms with Crippen LogP contribution in [0.25, 0.3) is 0 Å². The molecule has 1 aliphatic rings. The van der Waals surface area contributed by atoms with Crippen molar-refractivity contribution < 1.29 is 18.7 Å². The van der Waals surface area contributed by atoms with Crippen molar-refractivity contribution in [2.45, 2.75) is 13.3 Å². The third kappa shape index (κ3) is 3.51. The number of benzene rings is 1. The molecule has 1 aliphatic heterocycles. The zero-order valence-electron chi connectivity index (χ0n) is 12.3. The smallest absolute Gasteiger partial charge is 0.256 e. The van der Waals surface area contributed by atoms with Crippen LogP contribution in [0, 0.1) is 5.82 Å². The number of rotatable bonds is 2. The van der Waals surface area contributed by atoms with Crippen molar-refractivity contribution in [1.82, 2.24) is 9.80 Å². The molecule has 1 aromatic carbocycles. The number of carbonyl (C=O) groups excluding carboxylic acids is 2. The molecule has 2 rings (SSSR count). The number of nitrogens with zero attached hydrogens (tertiary/aromatic N) is 2. The highest BCUT2D eigenvalue weighted by atomic mass is 19.1. The molecule has 0 radical (unpaired) electrons. The molecule has 1 fully saturated rings. The average Bonchev–Trinajstić information content (AvgIpc) is 2.72. The second kappa shape index (κ2) is 6.56. The Bertz CT molecular complexity index is 548. The molecule has 0 aromatic heterocycles. The molecule has 6 heteroatoms. The molecule has 0 atom stereocenters. The topological polar surface area (TPSA) is 49.9 Å². The summed E-state index contributed by atoms with van der Waals surface area (Å²) in [5.74, 6) is -0.560. The summed E-state index contributed by atoms with van der Waals surface area (Å²) in [7, 11) is 1.45. The SMILES string of the molecule is COc1ccc(C(=O)N2CCCN(C(C)=O)CC2)c(F)c1. The van der Waals surface area contributed by atoms with Crippen molar-refractivity contribution in [3.63, 3.8) is 0 Å². The van der Waals surface area contributed by atoms with Crippen molar-refractivity contribution in [2.24, 2.45) is 0 Å². The molecule has 0 unspecified atom stereocenters. The Hall–Kier alpha value is -2.11. The predicted molar refractivity (Wildman–Crippen MR) is 75.7 cm³/mol. The second-order valence-corrected chi connectivity index (χ2v) is 5.00. The summed E-state index contributed by atoms with van der Waals surface area (Å²) in [6.45, 7) is 3.57. The molecular formula is C15H19FN2O3. The van der Waals surface area contributed by atoms with Gasteiger partial charge in [0.2, 0.25) is 5.91 Å². The monoisotopic (exact) mass is 294 g/mol. The molecular weight excluding hydrogens is 275 g/mol. The number of halogens is 1. The fourth-order valence-electron chi connectivity index (χ4n) is 2.40. The van der Waals surface area contributed by atoms with E-state index >= 15 is 0 Å². The van der Waals surface area contributed by atoms with E-state index in [-0.39, 0.29) is 17.4 Å². The lowest BCUT2D eigenvalue weighted by Crippen LogP contribution is -2.36. The predicted octanol–water partition coefficient (Wildman–Crippen LogP) is 1.53. The number of hydrogen-bond donors (Lipinski definition) is 0. The quantitative estimate of drug-likeness (QED) is 0.831. The van der Waals surface area contributed by atoms with E-state index in [1.807, 2.05) is 0 Å². The van der Waals surface area contributed by atoms with E-state index in [1.165, 1.54) is 26.2 Å². The molecule has 0 saturated carbocycles. The Morgan fingerprint density at radius 1 is 1.14 bits per heavy atom. The molecule has 0 spiro atoms. The van der Waals surface area contributed by atoms with Crippen LogP contribution in [0.5, 0.6) is 5.75 Å². The van der Waals surface area contributed by atoms with Gasteiger partial charge in [0.15, 0.2) is 0 Å². The van der Waals surface area contributed by atoms with Crippen LogP contribution >= 0.6 is 0 Å². The van der Waals surface area contributed by atoms with Gasteiger partial charge in [-0.3, -0.25) is 9.59 Å². The van der Waals surface area contributed by atoms with E-state index in [4.69, 9.17) is 4.74 Å². The van der Waals surface area contributed by atoms with Gasteiger partial charge < -0.3 is 14.5 Å². The van der Waals surface area contributed by atoms with Crippen molar-refractivity contribution in [3.05, 3.63) is 29.6 Å². The normalized spacial score (nSPS) is 15.6. The van der Waals surface area contributed by atoms with Crippen LogP contribution in [0.3, 0.4) is 0 Å². The van der Waals surface area contributed by atoms with Crippen molar-refractivity contribution in [3.8, 4) is 5.75 Å². The molecule has 1 saturated heterocycles.